The molecule has 0 N–H and O–H groups in total. The summed E-state index contributed by atoms with van der Waals surface area (Å²) in [6.07, 6.45) is 4.08. The summed E-state index contributed by atoms with van der Waals surface area (Å²) in [5.74, 6) is 0.544. The molecule has 0 fully saturated rings. The molecule has 1 heteroatoms. The van der Waals surface area contributed by atoms with Crippen molar-refractivity contribution in [3.8, 4) is 0 Å². The maximum atomic E-state index is 10.2. The van der Waals surface area contributed by atoms with Gasteiger partial charge in [-0.15, -0.1) is 0 Å². The van der Waals surface area contributed by atoms with E-state index in [0.717, 1.165) is 12.7 Å². The van der Waals surface area contributed by atoms with Crippen molar-refractivity contribution >= 4 is 6.29 Å². The molecule has 0 saturated carbocycles. The van der Waals surface area contributed by atoms with Crippen LogP contribution in [0.25, 0.3) is 0 Å². The highest BCUT2D eigenvalue weighted by Gasteiger charge is 2.18. The summed E-state index contributed by atoms with van der Waals surface area (Å²) in [6.45, 7) is 8.86. The lowest BCUT2D eigenvalue weighted by Crippen LogP contribution is -2.14. The lowest BCUT2D eigenvalue weighted by molar-refractivity contribution is -0.108. The molecule has 0 heterocycles. The molecule has 0 amide bonds. The van der Waals surface area contributed by atoms with Gasteiger partial charge in [-0.2, -0.15) is 0 Å². The number of carbonyl (C=O) groups is 1. The van der Waals surface area contributed by atoms with Gasteiger partial charge >= 0.3 is 0 Å². The first-order valence-corrected chi connectivity index (χ1v) is 4.45. The van der Waals surface area contributed by atoms with E-state index < -0.39 is 0 Å². The van der Waals surface area contributed by atoms with E-state index in [1.54, 1.807) is 0 Å². The summed E-state index contributed by atoms with van der Waals surface area (Å²) in [7, 11) is 0. The van der Waals surface area contributed by atoms with Gasteiger partial charge in [-0.05, 0) is 17.8 Å². The molecule has 11 heavy (non-hydrogen) atoms. The Morgan fingerprint density at radius 2 is 2.00 bits per heavy atom. The molecule has 1 nitrogen and oxygen atoms in total. The fraction of sp³-hybridized carbons (Fsp3) is 0.900. The SMILES string of the molecule is CCC(C)(C)C[C@@H](C)CC=O. The first-order chi connectivity index (χ1) is 5.02. The van der Waals surface area contributed by atoms with Crippen molar-refractivity contribution in [3.63, 3.8) is 0 Å². The van der Waals surface area contributed by atoms with E-state index in [4.69, 9.17) is 0 Å². The summed E-state index contributed by atoms with van der Waals surface area (Å²) in [5, 5.41) is 0. The third-order valence-corrected chi connectivity index (χ3v) is 2.36. The topological polar surface area (TPSA) is 17.1 Å². The minimum Gasteiger partial charge on any atom is -0.303 e. The first kappa shape index (κ1) is 10.7. The average molecular weight is 156 g/mol. The molecule has 0 saturated heterocycles. The molecule has 0 aromatic rings. The number of rotatable bonds is 5. The van der Waals surface area contributed by atoms with Crippen LogP contribution in [0.3, 0.4) is 0 Å². The minimum absolute atomic E-state index is 0.405. The van der Waals surface area contributed by atoms with E-state index in [-0.39, 0.29) is 0 Å². The van der Waals surface area contributed by atoms with Gasteiger partial charge in [-0.1, -0.05) is 34.1 Å². The number of aldehydes is 1. The maximum absolute atomic E-state index is 10.2. The van der Waals surface area contributed by atoms with Crippen LogP contribution in [-0.2, 0) is 4.79 Å². The third-order valence-electron chi connectivity index (χ3n) is 2.36. The zero-order valence-corrected chi connectivity index (χ0v) is 8.18. The standard InChI is InChI=1S/C10H20O/c1-5-10(3,4)8-9(2)6-7-11/h7,9H,5-6,8H2,1-4H3/t9-/m0/s1. The van der Waals surface area contributed by atoms with Crippen LogP contribution in [0, 0.1) is 11.3 Å². The van der Waals surface area contributed by atoms with Crippen molar-refractivity contribution in [2.24, 2.45) is 11.3 Å². The Bertz CT molecular complexity index is 116. The molecule has 0 spiro atoms. The van der Waals surface area contributed by atoms with Crippen molar-refractivity contribution in [3.05, 3.63) is 0 Å². The zero-order chi connectivity index (χ0) is 8.91. The largest absolute Gasteiger partial charge is 0.303 e. The Balaban J connectivity index is 3.72. The van der Waals surface area contributed by atoms with Crippen LogP contribution in [0.5, 0.6) is 0 Å². The zero-order valence-electron chi connectivity index (χ0n) is 8.18. The van der Waals surface area contributed by atoms with Crippen molar-refractivity contribution < 1.29 is 4.79 Å². The summed E-state index contributed by atoms with van der Waals surface area (Å²) in [6, 6.07) is 0. The molecule has 0 radical (unpaired) electrons. The van der Waals surface area contributed by atoms with Crippen molar-refractivity contribution in [2.45, 2.75) is 47.0 Å². The van der Waals surface area contributed by atoms with Gasteiger partial charge in [-0.25, -0.2) is 0 Å². The molecular formula is C10H20O. The van der Waals surface area contributed by atoms with Crippen LogP contribution >= 0.6 is 0 Å². The normalized spacial score (nSPS) is 14.5. The highest BCUT2D eigenvalue weighted by Crippen LogP contribution is 2.29. The summed E-state index contributed by atoms with van der Waals surface area (Å²) < 4.78 is 0. The van der Waals surface area contributed by atoms with E-state index in [0.29, 0.717) is 17.8 Å². The fourth-order valence-electron chi connectivity index (χ4n) is 1.34. The average Bonchev–Trinajstić information content (AvgIpc) is 1.87. The highest BCUT2D eigenvalue weighted by atomic mass is 16.1. The van der Waals surface area contributed by atoms with Crippen LogP contribution in [0.4, 0.5) is 0 Å². The van der Waals surface area contributed by atoms with Crippen LogP contribution in [0.1, 0.15) is 47.0 Å². The van der Waals surface area contributed by atoms with Crippen molar-refractivity contribution in [2.75, 3.05) is 0 Å². The number of carbonyl (C=O) groups excluding carboxylic acids is 1. The number of hydrogen-bond acceptors (Lipinski definition) is 1. The smallest absolute Gasteiger partial charge is 0.120 e. The van der Waals surface area contributed by atoms with E-state index in [1.807, 2.05) is 0 Å². The van der Waals surface area contributed by atoms with E-state index >= 15 is 0 Å². The third kappa shape index (κ3) is 5.00. The van der Waals surface area contributed by atoms with Gasteiger partial charge in [-0.3, -0.25) is 0 Å². The lowest BCUT2D eigenvalue weighted by atomic mass is 9.80. The first-order valence-electron chi connectivity index (χ1n) is 4.45. The van der Waals surface area contributed by atoms with Crippen molar-refractivity contribution in [1.29, 1.82) is 0 Å². The summed E-state index contributed by atoms with van der Waals surface area (Å²) >= 11 is 0. The van der Waals surface area contributed by atoms with Crippen molar-refractivity contribution in [1.82, 2.24) is 0 Å². The second kappa shape index (κ2) is 4.53. The van der Waals surface area contributed by atoms with Gasteiger partial charge in [0.15, 0.2) is 0 Å². The predicted molar refractivity (Wildman–Crippen MR) is 48.5 cm³/mol. The van der Waals surface area contributed by atoms with Gasteiger partial charge in [0, 0.05) is 6.42 Å². The summed E-state index contributed by atoms with van der Waals surface area (Å²) in [4.78, 5) is 10.2. The monoisotopic (exact) mass is 156 g/mol. The van der Waals surface area contributed by atoms with Crippen LogP contribution in [-0.4, -0.2) is 6.29 Å². The lowest BCUT2D eigenvalue weighted by Gasteiger charge is -2.25. The van der Waals surface area contributed by atoms with Crippen LogP contribution in [0.15, 0.2) is 0 Å². The summed E-state index contributed by atoms with van der Waals surface area (Å²) in [5.41, 5.74) is 0.405. The second-order valence-electron chi connectivity index (χ2n) is 4.23. The predicted octanol–water partition coefficient (Wildman–Crippen LogP) is 3.04. The molecule has 0 aliphatic heterocycles. The Morgan fingerprint density at radius 1 is 1.45 bits per heavy atom. The van der Waals surface area contributed by atoms with E-state index in [2.05, 4.69) is 27.7 Å². The Kier molecular flexibility index (Phi) is 4.39. The van der Waals surface area contributed by atoms with Crippen LogP contribution < -0.4 is 0 Å². The molecule has 0 bridgehead atoms. The molecule has 0 rings (SSSR count). The van der Waals surface area contributed by atoms with Gasteiger partial charge in [0.05, 0.1) is 0 Å². The molecule has 0 aromatic carbocycles. The highest BCUT2D eigenvalue weighted by molar-refractivity contribution is 5.49. The Morgan fingerprint density at radius 3 is 2.36 bits per heavy atom. The van der Waals surface area contributed by atoms with E-state index in [1.165, 1.54) is 6.42 Å². The van der Waals surface area contributed by atoms with Gasteiger partial charge < -0.3 is 4.79 Å². The van der Waals surface area contributed by atoms with Crippen LogP contribution in [0.2, 0.25) is 0 Å². The van der Waals surface area contributed by atoms with Gasteiger partial charge in [0.25, 0.3) is 0 Å². The molecule has 1 atom stereocenters. The molecule has 0 unspecified atom stereocenters. The molecule has 0 aliphatic rings. The second-order valence-corrected chi connectivity index (χ2v) is 4.23. The van der Waals surface area contributed by atoms with Gasteiger partial charge in [0.1, 0.15) is 6.29 Å². The Hall–Kier alpha value is -0.330. The number of hydrogen-bond donors (Lipinski definition) is 0. The van der Waals surface area contributed by atoms with Gasteiger partial charge in [0.2, 0.25) is 0 Å². The van der Waals surface area contributed by atoms with E-state index in [9.17, 15) is 4.79 Å². The quantitative estimate of drug-likeness (QED) is 0.559. The molecular weight excluding hydrogens is 136 g/mol. The molecule has 66 valence electrons. The molecule has 0 aromatic heterocycles. The molecule has 0 aliphatic carbocycles. The Labute approximate surface area is 70.2 Å². The minimum atomic E-state index is 0.405. The fourth-order valence-corrected chi connectivity index (χ4v) is 1.34. The maximum Gasteiger partial charge on any atom is 0.120 e.